The number of fused-ring (bicyclic) bond motifs is 1. The molecule has 2 N–H and O–H groups in total. The Morgan fingerprint density at radius 3 is 2.71 bits per heavy atom. The molecule has 5 heteroatoms. The van der Waals surface area contributed by atoms with Crippen LogP contribution < -0.4 is 10.6 Å². The van der Waals surface area contributed by atoms with Gasteiger partial charge >= 0.3 is 0 Å². The zero-order valence-electron chi connectivity index (χ0n) is 12.9. The van der Waals surface area contributed by atoms with Crippen molar-refractivity contribution >= 4 is 22.7 Å². The first-order valence-corrected chi connectivity index (χ1v) is 7.61. The van der Waals surface area contributed by atoms with Crippen LogP contribution in [0.4, 0.5) is 11.8 Å². The Kier molecular flexibility index (Phi) is 6.22. The highest BCUT2D eigenvalue weighted by molar-refractivity contribution is 5.89. The van der Waals surface area contributed by atoms with Gasteiger partial charge in [-0.2, -0.15) is 4.98 Å². The number of hydrogen-bond donors (Lipinski definition) is 2. The largest absolute Gasteiger partial charge is 0.381 e. The average molecular weight is 288 g/mol. The Bertz CT molecular complexity index is 559. The second kappa shape index (κ2) is 8.42. The Morgan fingerprint density at radius 2 is 1.90 bits per heavy atom. The van der Waals surface area contributed by atoms with Crippen molar-refractivity contribution in [1.82, 2.24) is 9.97 Å². The highest BCUT2D eigenvalue weighted by atomic mass is 16.5. The van der Waals surface area contributed by atoms with Crippen molar-refractivity contribution in [1.29, 1.82) is 0 Å². The minimum absolute atomic E-state index is 0.635. The molecule has 0 saturated carbocycles. The van der Waals surface area contributed by atoms with E-state index in [2.05, 4.69) is 27.5 Å². The van der Waals surface area contributed by atoms with Crippen LogP contribution in [0.5, 0.6) is 0 Å². The minimum Gasteiger partial charge on any atom is -0.381 e. The maximum absolute atomic E-state index is 5.56. The summed E-state index contributed by atoms with van der Waals surface area (Å²) in [7, 11) is 1.83. The zero-order valence-corrected chi connectivity index (χ0v) is 12.9. The lowest BCUT2D eigenvalue weighted by Gasteiger charge is -2.10. The highest BCUT2D eigenvalue weighted by Gasteiger charge is 2.05. The van der Waals surface area contributed by atoms with Gasteiger partial charge in [0.25, 0.3) is 0 Å². The Labute approximate surface area is 126 Å². The van der Waals surface area contributed by atoms with Crippen molar-refractivity contribution in [2.24, 2.45) is 0 Å². The summed E-state index contributed by atoms with van der Waals surface area (Å²) < 4.78 is 5.56. The molecule has 114 valence electrons. The fourth-order valence-corrected chi connectivity index (χ4v) is 2.05. The standard InChI is InChI=1S/C16H24N4O/c1-3-4-11-21-12-7-10-18-15-13-8-5-6-9-14(13)19-16(17-2)20-15/h5-6,8-9H,3-4,7,10-12H2,1-2H3,(H2,17,18,19,20). The molecule has 2 rings (SSSR count). The first kappa shape index (κ1) is 15.5. The molecule has 5 nitrogen and oxygen atoms in total. The van der Waals surface area contributed by atoms with Crippen LogP contribution >= 0.6 is 0 Å². The monoisotopic (exact) mass is 288 g/mol. The molecule has 0 atom stereocenters. The number of nitrogens with zero attached hydrogens (tertiary/aromatic N) is 2. The predicted octanol–water partition coefficient (Wildman–Crippen LogP) is 3.29. The summed E-state index contributed by atoms with van der Waals surface area (Å²) >= 11 is 0. The van der Waals surface area contributed by atoms with Crippen molar-refractivity contribution in [3.63, 3.8) is 0 Å². The fourth-order valence-electron chi connectivity index (χ4n) is 2.05. The second-order valence-corrected chi connectivity index (χ2v) is 4.91. The van der Waals surface area contributed by atoms with Crippen molar-refractivity contribution in [2.45, 2.75) is 26.2 Å². The van der Waals surface area contributed by atoms with E-state index in [9.17, 15) is 0 Å². The van der Waals surface area contributed by atoms with E-state index in [0.29, 0.717) is 5.95 Å². The van der Waals surface area contributed by atoms with E-state index in [0.717, 1.165) is 49.3 Å². The van der Waals surface area contributed by atoms with E-state index in [-0.39, 0.29) is 0 Å². The van der Waals surface area contributed by atoms with Gasteiger partial charge in [0.1, 0.15) is 5.82 Å². The summed E-state index contributed by atoms with van der Waals surface area (Å²) in [6, 6.07) is 8.02. The molecule has 1 aromatic heterocycles. The first-order valence-electron chi connectivity index (χ1n) is 7.61. The molecule has 21 heavy (non-hydrogen) atoms. The van der Waals surface area contributed by atoms with Gasteiger partial charge < -0.3 is 15.4 Å². The van der Waals surface area contributed by atoms with Crippen molar-refractivity contribution in [3.05, 3.63) is 24.3 Å². The summed E-state index contributed by atoms with van der Waals surface area (Å²) in [5.41, 5.74) is 0.943. The topological polar surface area (TPSA) is 59.1 Å². The Hall–Kier alpha value is -1.88. The van der Waals surface area contributed by atoms with Gasteiger partial charge in [-0.05, 0) is 25.0 Å². The van der Waals surface area contributed by atoms with E-state index in [1.165, 1.54) is 6.42 Å². The zero-order chi connectivity index (χ0) is 14.9. The van der Waals surface area contributed by atoms with E-state index in [4.69, 9.17) is 4.74 Å². The number of ether oxygens (including phenoxy) is 1. The maximum Gasteiger partial charge on any atom is 0.224 e. The predicted molar refractivity (Wildman–Crippen MR) is 87.9 cm³/mol. The summed E-state index contributed by atoms with van der Waals surface area (Å²) in [6.45, 7) is 4.66. The number of hydrogen-bond acceptors (Lipinski definition) is 5. The van der Waals surface area contributed by atoms with Crippen molar-refractivity contribution in [2.75, 3.05) is 37.4 Å². The molecule has 0 spiro atoms. The second-order valence-electron chi connectivity index (χ2n) is 4.91. The van der Waals surface area contributed by atoms with Gasteiger partial charge in [-0.1, -0.05) is 25.5 Å². The fraction of sp³-hybridized carbons (Fsp3) is 0.500. The SMILES string of the molecule is CCCCOCCCNc1nc(NC)nc2ccccc12. The van der Waals surface area contributed by atoms with Gasteiger partial charge in [0.2, 0.25) is 5.95 Å². The van der Waals surface area contributed by atoms with Crippen LogP contribution in [0.15, 0.2) is 24.3 Å². The normalized spacial score (nSPS) is 10.8. The smallest absolute Gasteiger partial charge is 0.224 e. The van der Waals surface area contributed by atoms with Crippen LogP contribution in [0, 0.1) is 0 Å². The third-order valence-corrected chi connectivity index (χ3v) is 3.23. The molecular weight excluding hydrogens is 264 g/mol. The molecule has 0 fully saturated rings. The molecule has 0 aliphatic rings. The van der Waals surface area contributed by atoms with Crippen molar-refractivity contribution in [3.8, 4) is 0 Å². The number of para-hydroxylation sites is 1. The quantitative estimate of drug-likeness (QED) is 0.693. The van der Waals surface area contributed by atoms with E-state index >= 15 is 0 Å². The maximum atomic E-state index is 5.56. The summed E-state index contributed by atoms with van der Waals surface area (Å²) in [4.78, 5) is 8.94. The van der Waals surface area contributed by atoms with Gasteiger partial charge in [0.15, 0.2) is 0 Å². The Morgan fingerprint density at radius 1 is 1.10 bits per heavy atom. The minimum atomic E-state index is 0.635. The lowest BCUT2D eigenvalue weighted by Crippen LogP contribution is -2.09. The lowest BCUT2D eigenvalue weighted by molar-refractivity contribution is 0.131. The summed E-state index contributed by atoms with van der Waals surface area (Å²) in [5.74, 6) is 1.51. The van der Waals surface area contributed by atoms with Crippen LogP contribution in [-0.2, 0) is 4.74 Å². The number of nitrogens with one attached hydrogen (secondary N) is 2. The average Bonchev–Trinajstić information content (AvgIpc) is 2.53. The molecule has 0 amide bonds. The molecule has 0 radical (unpaired) electrons. The molecule has 0 saturated heterocycles. The summed E-state index contributed by atoms with van der Waals surface area (Å²) in [6.07, 6.45) is 3.28. The third-order valence-electron chi connectivity index (χ3n) is 3.23. The van der Waals surface area contributed by atoms with Gasteiger partial charge in [0, 0.05) is 32.2 Å². The molecule has 1 heterocycles. The van der Waals surface area contributed by atoms with Gasteiger partial charge in [-0.25, -0.2) is 4.98 Å². The molecule has 1 aromatic carbocycles. The first-order chi connectivity index (χ1) is 10.3. The van der Waals surface area contributed by atoms with Crippen LogP contribution in [0.2, 0.25) is 0 Å². The van der Waals surface area contributed by atoms with Crippen LogP contribution in [0.25, 0.3) is 10.9 Å². The van der Waals surface area contributed by atoms with Gasteiger partial charge in [0.05, 0.1) is 5.52 Å². The third kappa shape index (κ3) is 4.56. The molecule has 2 aromatic rings. The van der Waals surface area contributed by atoms with Gasteiger partial charge in [-0.3, -0.25) is 0 Å². The molecular formula is C16H24N4O. The number of aromatic nitrogens is 2. The number of rotatable bonds is 9. The molecule has 0 unspecified atom stereocenters. The van der Waals surface area contributed by atoms with E-state index < -0.39 is 0 Å². The van der Waals surface area contributed by atoms with Crippen LogP contribution in [-0.4, -0.2) is 36.8 Å². The molecule has 0 bridgehead atoms. The number of unbranched alkanes of at least 4 members (excludes halogenated alkanes) is 1. The molecule has 0 aliphatic heterocycles. The van der Waals surface area contributed by atoms with Gasteiger partial charge in [-0.15, -0.1) is 0 Å². The number of benzene rings is 1. The Balaban J connectivity index is 1.91. The lowest BCUT2D eigenvalue weighted by atomic mass is 10.2. The highest BCUT2D eigenvalue weighted by Crippen LogP contribution is 2.21. The van der Waals surface area contributed by atoms with E-state index in [1.807, 2.05) is 31.3 Å². The number of anilines is 2. The molecule has 0 aliphatic carbocycles. The summed E-state index contributed by atoms with van der Waals surface area (Å²) in [5, 5.41) is 7.42. The van der Waals surface area contributed by atoms with E-state index in [1.54, 1.807) is 0 Å². The van der Waals surface area contributed by atoms with Crippen molar-refractivity contribution < 1.29 is 4.74 Å². The van der Waals surface area contributed by atoms with Crippen LogP contribution in [0.3, 0.4) is 0 Å². The van der Waals surface area contributed by atoms with Crippen LogP contribution in [0.1, 0.15) is 26.2 Å².